The highest BCUT2D eigenvalue weighted by molar-refractivity contribution is 6.37. The molecule has 0 aliphatic carbocycles. The van der Waals surface area contributed by atoms with Crippen molar-refractivity contribution in [2.24, 2.45) is 0 Å². The molecule has 0 N–H and O–H groups in total. The first kappa shape index (κ1) is 20.3. The first-order valence-corrected chi connectivity index (χ1v) is 10.0. The molecule has 0 spiro atoms. The van der Waals surface area contributed by atoms with Gasteiger partial charge >= 0.3 is 0 Å². The number of carbonyl (C=O) groups is 1. The van der Waals surface area contributed by atoms with E-state index in [-0.39, 0.29) is 11.5 Å². The second kappa shape index (κ2) is 8.42. The summed E-state index contributed by atoms with van der Waals surface area (Å²) in [6, 6.07) is 16.3. The van der Waals surface area contributed by atoms with Gasteiger partial charge in [-0.3, -0.25) is 4.79 Å². The number of carbonyl (C=O) groups excluding carboxylic acids is 1. The minimum Gasteiger partial charge on any atom is -0.496 e. The molecule has 0 atom stereocenters. The van der Waals surface area contributed by atoms with Crippen LogP contribution in [0.1, 0.15) is 27.0 Å². The lowest BCUT2D eigenvalue weighted by Crippen LogP contribution is -2.01. The van der Waals surface area contributed by atoms with Crippen LogP contribution >= 0.6 is 23.2 Å². The number of fused-ring (bicyclic) bond motifs is 1. The standard InChI is InChI=1S/C24H18Cl2O4/c1-14-10-16(29-13-15-6-3-4-9-20(15)28-2)11-21-23(14)24(27)22(30-21)12-17-18(25)7-5-8-19(17)26/h3-12H,13H2,1-2H3/b22-12-. The largest absolute Gasteiger partial charge is 0.496 e. The summed E-state index contributed by atoms with van der Waals surface area (Å²) in [5, 5.41) is 0.889. The molecule has 3 aromatic carbocycles. The third-order valence-electron chi connectivity index (χ3n) is 4.81. The summed E-state index contributed by atoms with van der Waals surface area (Å²) in [5.74, 6) is 1.76. The molecule has 152 valence electrons. The Morgan fingerprint density at radius 3 is 2.50 bits per heavy atom. The number of aryl methyl sites for hydroxylation is 1. The smallest absolute Gasteiger partial charge is 0.232 e. The van der Waals surface area contributed by atoms with Gasteiger partial charge in [0.25, 0.3) is 0 Å². The second-order valence-electron chi connectivity index (χ2n) is 6.79. The zero-order chi connectivity index (χ0) is 21.3. The molecule has 1 heterocycles. The summed E-state index contributed by atoms with van der Waals surface area (Å²) in [7, 11) is 1.62. The number of rotatable bonds is 5. The molecule has 6 heteroatoms. The van der Waals surface area contributed by atoms with Crippen LogP contribution in [0, 0.1) is 6.92 Å². The Hall–Kier alpha value is -2.95. The first-order chi connectivity index (χ1) is 14.5. The number of halogens is 2. The predicted octanol–water partition coefficient (Wildman–Crippen LogP) is 6.51. The Labute approximate surface area is 184 Å². The Bertz CT molecular complexity index is 1150. The lowest BCUT2D eigenvalue weighted by molar-refractivity contribution is 0.101. The molecule has 30 heavy (non-hydrogen) atoms. The number of Topliss-reactive ketones (excluding diaryl/α,β-unsaturated/α-hetero) is 1. The van der Waals surface area contributed by atoms with Gasteiger partial charge in [0.05, 0.1) is 12.7 Å². The third-order valence-corrected chi connectivity index (χ3v) is 5.46. The van der Waals surface area contributed by atoms with E-state index in [2.05, 4.69) is 0 Å². The predicted molar refractivity (Wildman–Crippen MR) is 118 cm³/mol. The van der Waals surface area contributed by atoms with Crippen LogP contribution in [-0.2, 0) is 6.61 Å². The highest BCUT2D eigenvalue weighted by atomic mass is 35.5. The third kappa shape index (κ3) is 3.89. The van der Waals surface area contributed by atoms with Gasteiger partial charge in [-0.25, -0.2) is 0 Å². The van der Waals surface area contributed by atoms with E-state index in [9.17, 15) is 4.79 Å². The molecule has 4 nitrogen and oxygen atoms in total. The molecule has 0 bridgehead atoms. The first-order valence-electron chi connectivity index (χ1n) is 9.25. The number of benzene rings is 3. The van der Waals surface area contributed by atoms with E-state index in [4.69, 9.17) is 37.4 Å². The van der Waals surface area contributed by atoms with Crippen LogP contribution in [0.25, 0.3) is 6.08 Å². The van der Waals surface area contributed by atoms with E-state index >= 15 is 0 Å². The number of allylic oxidation sites excluding steroid dienone is 1. The lowest BCUT2D eigenvalue weighted by Gasteiger charge is -2.11. The van der Waals surface area contributed by atoms with E-state index in [1.807, 2.05) is 37.3 Å². The fourth-order valence-corrected chi connectivity index (χ4v) is 3.83. The van der Waals surface area contributed by atoms with E-state index in [0.29, 0.717) is 39.3 Å². The molecular formula is C24H18Cl2O4. The monoisotopic (exact) mass is 440 g/mol. The fraction of sp³-hybridized carbons (Fsp3) is 0.125. The van der Waals surface area contributed by atoms with Gasteiger partial charge in [-0.05, 0) is 42.8 Å². The van der Waals surface area contributed by atoms with Gasteiger partial charge in [-0.1, -0.05) is 47.5 Å². The molecular weight excluding hydrogens is 423 g/mol. The number of ether oxygens (including phenoxy) is 3. The number of hydrogen-bond acceptors (Lipinski definition) is 4. The maximum absolute atomic E-state index is 12.9. The molecule has 0 aromatic heterocycles. The van der Waals surface area contributed by atoms with E-state index in [1.54, 1.807) is 37.5 Å². The van der Waals surface area contributed by atoms with Crippen molar-refractivity contribution in [2.45, 2.75) is 13.5 Å². The Morgan fingerprint density at radius 1 is 1.03 bits per heavy atom. The summed E-state index contributed by atoms with van der Waals surface area (Å²) in [5.41, 5.74) is 2.74. The summed E-state index contributed by atoms with van der Waals surface area (Å²) in [6.45, 7) is 2.18. The van der Waals surface area contributed by atoms with Gasteiger partial charge in [0, 0.05) is 27.2 Å². The average Bonchev–Trinajstić information content (AvgIpc) is 3.05. The molecule has 1 aliphatic rings. The maximum Gasteiger partial charge on any atom is 0.232 e. The van der Waals surface area contributed by atoms with Crippen molar-refractivity contribution in [3.63, 3.8) is 0 Å². The van der Waals surface area contributed by atoms with Crippen LogP contribution in [-0.4, -0.2) is 12.9 Å². The highest BCUT2D eigenvalue weighted by Crippen LogP contribution is 2.39. The molecule has 0 amide bonds. The van der Waals surface area contributed by atoms with Gasteiger partial charge in [0.1, 0.15) is 23.9 Å². The van der Waals surface area contributed by atoms with Crippen molar-refractivity contribution in [1.82, 2.24) is 0 Å². The minimum absolute atomic E-state index is 0.171. The van der Waals surface area contributed by atoms with Gasteiger partial charge in [0.2, 0.25) is 5.78 Å². The van der Waals surface area contributed by atoms with E-state index in [0.717, 1.165) is 16.9 Å². The zero-order valence-corrected chi connectivity index (χ0v) is 17.9. The lowest BCUT2D eigenvalue weighted by atomic mass is 10.0. The summed E-state index contributed by atoms with van der Waals surface area (Å²) >= 11 is 12.4. The Morgan fingerprint density at radius 2 is 1.77 bits per heavy atom. The van der Waals surface area contributed by atoms with Crippen LogP contribution in [0.4, 0.5) is 0 Å². The van der Waals surface area contributed by atoms with Gasteiger partial charge < -0.3 is 14.2 Å². The van der Waals surface area contributed by atoms with Gasteiger partial charge in [0.15, 0.2) is 5.76 Å². The molecule has 0 unspecified atom stereocenters. The van der Waals surface area contributed by atoms with E-state index in [1.165, 1.54) is 0 Å². The van der Waals surface area contributed by atoms with Crippen molar-refractivity contribution < 1.29 is 19.0 Å². The molecule has 3 aromatic rings. The van der Waals surface area contributed by atoms with Crippen LogP contribution in [0.5, 0.6) is 17.2 Å². The van der Waals surface area contributed by atoms with Crippen LogP contribution in [0.3, 0.4) is 0 Å². The quantitative estimate of drug-likeness (QED) is 0.424. The molecule has 1 aliphatic heterocycles. The van der Waals surface area contributed by atoms with Crippen molar-refractivity contribution >= 4 is 35.1 Å². The van der Waals surface area contributed by atoms with Crippen LogP contribution in [0.15, 0.2) is 60.4 Å². The Balaban J connectivity index is 1.60. The van der Waals surface area contributed by atoms with Crippen molar-refractivity contribution in [3.8, 4) is 17.2 Å². The summed E-state index contributed by atoms with van der Waals surface area (Å²) in [6.07, 6.45) is 1.57. The fourth-order valence-electron chi connectivity index (χ4n) is 3.32. The second-order valence-corrected chi connectivity index (χ2v) is 7.60. The van der Waals surface area contributed by atoms with Crippen molar-refractivity contribution in [3.05, 3.63) is 92.7 Å². The molecule has 0 saturated heterocycles. The molecule has 4 rings (SSSR count). The average molecular weight is 441 g/mol. The number of hydrogen-bond donors (Lipinski definition) is 0. The Kier molecular flexibility index (Phi) is 5.71. The van der Waals surface area contributed by atoms with Crippen LogP contribution in [0.2, 0.25) is 10.0 Å². The SMILES string of the molecule is COc1ccccc1COc1cc(C)c2c(c1)O/C(=C\c1c(Cl)cccc1Cl)C2=O. The maximum atomic E-state index is 12.9. The number of methoxy groups -OCH3 is 1. The highest BCUT2D eigenvalue weighted by Gasteiger charge is 2.30. The van der Waals surface area contributed by atoms with E-state index < -0.39 is 0 Å². The molecule has 0 fully saturated rings. The van der Waals surface area contributed by atoms with Gasteiger partial charge in [-0.15, -0.1) is 0 Å². The van der Waals surface area contributed by atoms with Crippen molar-refractivity contribution in [1.29, 1.82) is 0 Å². The van der Waals surface area contributed by atoms with Crippen LogP contribution < -0.4 is 14.2 Å². The molecule has 0 radical (unpaired) electrons. The minimum atomic E-state index is -0.213. The number of ketones is 1. The number of para-hydroxylation sites is 1. The molecule has 0 saturated carbocycles. The van der Waals surface area contributed by atoms with Crippen molar-refractivity contribution in [2.75, 3.05) is 7.11 Å². The topological polar surface area (TPSA) is 44.8 Å². The zero-order valence-electron chi connectivity index (χ0n) is 16.4. The summed E-state index contributed by atoms with van der Waals surface area (Å²) < 4.78 is 17.1. The van der Waals surface area contributed by atoms with Gasteiger partial charge in [-0.2, -0.15) is 0 Å². The normalized spacial score (nSPS) is 13.9. The summed E-state index contributed by atoms with van der Waals surface area (Å²) in [4.78, 5) is 12.9.